The monoisotopic (exact) mass is 411 g/mol. The molecule has 0 radical (unpaired) electrons. The second kappa shape index (κ2) is 9.82. The van der Waals surface area contributed by atoms with Gasteiger partial charge in [-0.05, 0) is 42.3 Å². The minimum Gasteiger partial charge on any atom is -0.494 e. The summed E-state index contributed by atoms with van der Waals surface area (Å²) in [7, 11) is 4.56. The number of carbonyl (C=O) groups is 1. The van der Waals surface area contributed by atoms with Crippen molar-refractivity contribution in [3.63, 3.8) is 0 Å². The summed E-state index contributed by atoms with van der Waals surface area (Å²) in [6, 6.07) is 10.8. The SMILES string of the molecule is CCCCOc1ccc(/C=C2\N=C(c3cc(OC)c(OC)c(OC)c3)OC2=O)cc1. The molecule has 0 saturated heterocycles. The normalized spacial score (nSPS) is 14.3. The lowest BCUT2D eigenvalue weighted by molar-refractivity contribution is -0.129. The maximum atomic E-state index is 12.3. The third-order valence-electron chi connectivity index (χ3n) is 4.48. The lowest BCUT2D eigenvalue weighted by atomic mass is 10.1. The molecule has 1 aliphatic rings. The smallest absolute Gasteiger partial charge is 0.363 e. The van der Waals surface area contributed by atoms with Gasteiger partial charge in [-0.15, -0.1) is 0 Å². The van der Waals surface area contributed by atoms with E-state index in [-0.39, 0.29) is 11.6 Å². The number of methoxy groups -OCH3 is 3. The fraction of sp³-hybridized carbons (Fsp3) is 0.304. The minimum absolute atomic E-state index is 0.171. The molecule has 3 rings (SSSR count). The molecule has 7 nitrogen and oxygen atoms in total. The van der Waals surface area contributed by atoms with Crippen molar-refractivity contribution in [3.8, 4) is 23.0 Å². The number of rotatable bonds is 9. The number of esters is 1. The zero-order valence-corrected chi connectivity index (χ0v) is 17.6. The highest BCUT2D eigenvalue weighted by molar-refractivity contribution is 6.13. The number of nitrogens with zero attached hydrogens (tertiary/aromatic N) is 1. The Bertz CT molecular complexity index is 937. The van der Waals surface area contributed by atoms with Crippen molar-refractivity contribution in [2.75, 3.05) is 27.9 Å². The largest absolute Gasteiger partial charge is 0.494 e. The Morgan fingerprint density at radius 2 is 1.67 bits per heavy atom. The number of cyclic esters (lactones) is 1. The summed E-state index contributed by atoms with van der Waals surface area (Å²) < 4.78 is 27.0. The Kier molecular flexibility index (Phi) is 6.95. The molecule has 0 N–H and O–H groups in total. The van der Waals surface area contributed by atoms with Crippen molar-refractivity contribution in [2.45, 2.75) is 19.8 Å². The van der Waals surface area contributed by atoms with Gasteiger partial charge in [-0.3, -0.25) is 0 Å². The van der Waals surface area contributed by atoms with E-state index < -0.39 is 5.97 Å². The molecule has 0 spiro atoms. The van der Waals surface area contributed by atoms with Gasteiger partial charge >= 0.3 is 5.97 Å². The van der Waals surface area contributed by atoms with Gasteiger partial charge in [0.05, 0.1) is 27.9 Å². The van der Waals surface area contributed by atoms with Crippen LogP contribution in [-0.2, 0) is 9.53 Å². The van der Waals surface area contributed by atoms with Crippen LogP contribution in [0.2, 0.25) is 0 Å². The van der Waals surface area contributed by atoms with Crippen molar-refractivity contribution in [2.24, 2.45) is 4.99 Å². The quantitative estimate of drug-likeness (QED) is 0.349. The summed E-state index contributed by atoms with van der Waals surface area (Å²) in [6.07, 6.45) is 3.76. The standard InChI is InChI=1S/C23H25NO6/c1-5-6-11-29-17-9-7-15(8-10-17)12-18-23(25)30-22(24-18)16-13-19(26-2)21(28-4)20(14-16)27-3/h7-10,12-14H,5-6,11H2,1-4H3/b18-12-. The van der Waals surface area contributed by atoms with Crippen molar-refractivity contribution in [1.82, 2.24) is 0 Å². The van der Waals surface area contributed by atoms with Crippen LogP contribution in [0.1, 0.15) is 30.9 Å². The Morgan fingerprint density at radius 1 is 1.00 bits per heavy atom. The Hall–Kier alpha value is -3.48. The fourth-order valence-corrected chi connectivity index (χ4v) is 2.89. The number of benzene rings is 2. The fourth-order valence-electron chi connectivity index (χ4n) is 2.89. The van der Waals surface area contributed by atoms with Gasteiger partial charge in [0, 0.05) is 5.56 Å². The van der Waals surface area contributed by atoms with E-state index in [0.717, 1.165) is 24.2 Å². The Balaban J connectivity index is 1.84. The molecule has 7 heteroatoms. The molecule has 0 saturated carbocycles. The molecule has 1 aliphatic heterocycles. The van der Waals surface area contributed by atoms with Crippen LogP contribution in [0.5, 0.6) is 23.0 Å². The zero-order valence-electron chi connectivity index (χ0n) is 17.6. The van der Waals surface area contributed by atoms with Crippen LogP contribution in [0.3, 0.4) is 0 Å². The number of ether oxygens (including phenoxy) is 5. The molecule has 0 amide bonds. The van der Waals surface area contributed by atoms with Crippen molar-refractivity contribution in [3.05, 3.63) is 53.2 Å². The molecule has 2 aromatic carbocycles. The molecule has 0 aromatic heterocycles. The van der Waals surface area contributed by atoms with E-state index in [1.54, 1.807) is 18.2 Å². The first-order valence-electron chi connectivity index (χ1n) is 9.65. The van der Waals surface area contributed by atoms with Crippen molar-refractivity contribution < 1.29 is 28.5 Å². The molecular formula is C23H25NO6. The van der Waals surface area contributed by atoms with Gasteiger partial charge in [0.1, 0.15) is 5.75 Å². The predicted molar refractivity (Wildman–Crippen MR) is 114 cm³/mol. The zero-order chi connectivity index (χ0) is 21.5. The van der Waals surface area contributed by atoms with E-state index in [2.05, 4.69) is 11.9 Å². The maximum Gasteiger partial charge on any atom is 0.363 e. The van der Waals surface area contributed by atoms with E-state index in [0.29, 0.717) is 29.4 Å². The van der Waals surface area contributed by atoms with Crippen LogP contribution >= 0.6 is 0 Å². The summed E-state index contributed by atoms with van der Waals surface area (Å²) in [5.74, 6) is 1.78. The maximum absolute atomic E-state index is 12.3. The van der Waals surface area contributed by atoms with E-state index in [4.69, 9.17) is 23.7 Å². The molecule has 0 fully saturated rings. The third-order valence-corrected chi connectivity index (χ3v) is 4.48. The van der Waals surface area contributed by atoms with Gasteiger partial charge in [0.15, 0.2) is 17.2 Å². The summed E-state index contributed by atoms with van der Waals surface area (Å²) >= 11 is 0. The highest BCUT2D eigenvalue weighted by Crippen LogP contribution is 2.39. The van der Waals surface area contributed by atoms with Crippen LogP contribution in [0.15, 0.2) is 47.1 Å². The van der Waals surface area contributed by atoms with Crippen LogP contribution in [0.4, 0.5) is 0 Å². The molecule has 2 aromatic rings. The number of unbranched alkanes of at least 4 members (excludes halogenated alkanes) is 1. The Labute approximate surface area is 175 Å². The Morgan fingerprint density at radius 3 is 2.23 bits per heavy atom. The van der Waals surface area contributed by atoms with Crippen LogP contribution in [0.25, 0.3) is 6.08 Å². The second-order valence-electron chi connectivity index (χ2n) is 6.52. The summed E-state index contributed by atoms with van der Waals surface area (Å²) in [6.45, 7) is 2.80. The van der Waals surface area contributed by atoms with Gasteiger partial charge in [0.25, 0.3) is 0 Å². The number of hydrogen-bond acceptors (Lipinski definition) is 7. The van der Waals surface area contributed by atoms with Gasteiger partial charge in [-0.1, -0.05) is 25.5 Å². The van der Waals surface area contributed by atoms with E-state index in [9.17, 15) is 4.79 Å². The van der Waals surface area contributed by atoms with E-state index >= 15 is 0 Å². The van der Waals surface area contributed by atoms with Crippen LogP contribution < -0.4 is 18.9 Å². The number of hydrogen-bond donors (Lipinski definition) is 0. The highest BCUT2D eigenvalue weighted by Gasteiger charge is 2.26. The molecular weight excluding hydrogens is 386 g/mol. The van der Waals surface area contributed by atoms with Crippen molar-refractivity contribution in [1.29, 1.82) is 0 Å². The highest BCUT2D eigenvalue weighted by atomic mass is 16.6. The molecule has 1 heterocycles. The third kappa shape index (κ3) is 4.74. The summed E-state index contributed by atoms with van der Waals surface area (Å²) in [4.78, 5) is 16.7. The molecule has 0 atom stereocenters. The first-order valence-corrected chi connectivity index (χ1v) is 9.65. The average molecular weight is 411 g/mol. The lowest BCUT2D eigenvalue weighted by Gasteiger charge is -2.13. The number of carbonyl (C=O) groups excluding carboxylic acids is 1. The second-order valence-corrected chi connectivity index (χ2v) is 6.52. The first-order chi connectivity index (χ1) is 14.6. The summed E-state index contributed by atoms with van der Waals surface area (Å²) in [5.41, 5.74) is 1.57. The van der Waals surface area contributed by atoms with Crippen LogP contribution in [0, 0.1) is 0 Å². The first kappa shape index (κ1) is 21.2. The van der Waals surface area contributed by atoms with E-state index in [1.807, 2.05) is 24.3 Å². The van der Waals surface area contributed by atoms with E-state index in [1.165, 1.54) is 21.3 Å². The predicted octanol–water partition coefficient (Wildman–Crippen LogP) is 4.24. The topological polar surface area (TPSA) is 75.6 Å². The van der Waals surface area contributed by atoms with Gasteiger partial charge < -0.3 is 23.7 Å². The summed E-state index contributed by atoms with van der Waals surface area (Å²) in [5, 5.41) is 0. The molecule has 30 heavy (non-hydrogen) atoms. The molecule has 0 bridgehead atoms. The molecule has 158 valence electrons. The number of aliphatic imine (C=N–C) groups is 1. The van der Waals surface area contributed by atoms with Crippen LogP contribution in [-0.4, -0.2) is 39.8 Å². The minimum atomic E-state index is -0.526. The molecule has 0 unspecified atom stereocenters. The van der Waals surface area contributed by atoms with Gasteiger partial charge in [0.2, 0.25) is 11.6 Å². The van der Waals surface area contributed by atoms with Gasteiger partial charge in [-0.2, -0.15) is 0 Å². The van der Waals surface area contributed by atoms with Crippen molar-refractivity contribution >= 4 is 17.9 Å². The average Bonchev–Trinajstić information content (AvgIpc) is 3.14. The van der Waals surface area contributed by atoms with Gasteiger partial charge in [-0.25, -0.2) is 9.79 Å². The molecule has 0 aliphatic carbocycles. The lowest BCUT2D eigenvalue weighted by Crippen LogP contribution is -2.06.